The number of hydrogen-bond donors (Lipinski definition) is 1. The second kappa shape index (κ2) is 6.98. The van der Waals surface area contributed by atoms with Gasteiger partial charge < -0.3 is 14.8 Å². The van der Waals surface area contributed by atoms with Crippen LogP contribution >= 0.6 is 11.3 Å². The highest BCUT2D eigenvalue weighted by molar-refractivity contribution is 7.12. The topological polar surface area (TPSA) is 65.4 Å². The maximum Gasteiger partial charge on any atom is 0.265 e. The molecule has 6 nitrogen and oxygen atoms in total. The number of fused-ring (bicyclic) bond motifs is 1. The monoisotopic (exact) mass is 355 g/mol. The van der Waals surface area contributed by atoms with Gasteiger partial charge in [0.05, 0.1) is 12.6 Å². The molecule has 0 saturated heterocycles. The van der Waals surface area contributed by atoms with E-state index in [4.69, 9.17) is 9.47 Å². The van der Waals surface area contributed by atoms with Gasteiger partial charge in [0, 0.05) is 17.8 Å². The molecule has 0 radical (unpaired) electrons. The van der Waals surface area contributed by atoms with Crippen LogP contribution in [0.5, 0.6) is 11.5 Å². The van der Waals surface area contributed by atoms with Crippen molar-refractivity contribution in [2.24, 2.45) is 0 Å². The molecule has 1 amide bonds. The van der Waals surface area contributed by atoms with Gasteiger partial charge in [-0.05, 0) is 11.6 Å². The van der Waals surface area contributed by atoms with Crippen LogP contribution in [0.25, 0.3) is 0 Å². The van der Waals surface area contributed by atoms with E-state index in [0.717, 1.165) is 5.56 Å². The van der Waals surface area contributed by atoms with Gasteiger partial charge in [0.25, 0.3) is 5.91 Å². The highest BCUT2D eigenvalue weighted by Crippen LogP contribution is 2.39. The molecule has 0 spiro atoms. The molecule has 2 aromatic heterocycles. The van der Waals surface area contributed by atoms with Gasteiger partial charge in [0.15, 0.2) is 11.5 Å². The SMILES string of the molecule is O=C(N[C@H](Cn1cccn1)c1ccccc1)c1scc2c1OCCO2. The molecule has 3 heterocycles. The summed E-state index contributed by atoms with van der Waals surface area (Å²) in [6.45, 7) is 1.52. The number of ether oxygens (including phenoxy) is 2. The Morgan fingerprint density at radius 2 is 2.08 bits per heavy atom. The lowest BCUT2D eigenvalue weighted by molar-refractivity contribution is 0.0927. The highest BCUT2D eigenvalue weighted by atomic mass is 32.1. The van der Waals surface area contributed by atoms with Gasteiger partial charge in [-0.3, -0.25) is 9.48 Å². The van der Waals surface area contributed by atoms with Gasteiger partial charge in [-0.15, -0.1) is 11.3 Å². The minimum Gasteiger partial charge on any atom is -0.485 e. The van der Waals surface area contributed by atoms with Crippen molar-refractivity contribution in [3.05, 3.63) is 64.6 Å². The predicted molar refractivity (Wildman–Crippen MR) is 94.2 cm³/mol. The van der Waals surface area contributed by atoms with E-state index in [0.29, 0.717) is 36.1 Å². The van der Waals surface area contributed by atoms with E-state index in [-0.39, 0.29) is 11.9 Å². The Balaban J connectivity index is 1.57. The fourth-order valence-corrected chi connectivity index (χ4v) is 3.59. The van der Waals surface area contributed by atoms with Crippen LogP contribution in [-0.4, -0.2) is 28.9 Å². The molecule has 4 rings (SSSR count). The summed E-state index contributed by atoms with van der Waals surface area (Å²) in [5, 5.41) is 9.16. The third-order valence-electron chi connectivity index (χ3n) is 3.94. The smallest absolute Gasteiger partial charge is 0.265 e. The maximum absolute atomic E-state index is 12.8. The fourth-order valence-electron chi connectivity index (χ4n) is 2.76. The van der Waals surface area contributed by atoms with Crippen LogP contribution in [0, 0.1) is 0 Å². The summed E-state index contributed by atoms with van der Waals surface area (Å²) >= 11 is 1.33. The normalized spacial score (nSPS) is 14.1. The van der Waals surface area contributed by atoms with Crippen LogP contribution < -0.4 is 14.8 Å². The van der Waals surface area contributed by atoms with E-state index in [2.05, 4.69) is 10.4 Å². The van der Waals surface area contributed by atoms with Crippen LogP contribution in [0.15, 0.2) is 54.2 Å². The first kappa shape index (κ1) is 15.7. The minimum absolute atomic E-state index is 0.169. The van der Waals surface area contributed by atoms with Crippen molar-refractivity contribution in [2.75, 3.05) is 13.2 Å². The van der Waals surface area contributed by atoms with Crippen molar-refractivity contribution in [2.45, 2.75) is 12.6 Å². The predicted octanol–water partition coefficient (Wildman–Crippen LogP) is 2.89. The third-order valence-corrected chi connectivity index (χ3v) is 4.88. The fraction of sp³-hybridized carbons (Fsp3) is 0.222. The number of nitrogens with zero attached hydrogens (tertiary/aromatic N) is 2. The van der Waals surface area contributed by atoms with Crippen molar-refractivity contribution in [1.82, 2.24) is 15.1 Å². The third kappa shape index (κ3) is 3.36. The number of carbonyl (C=O) groups excluding carboxylic acids is 1. The highest BCUT2D eigenvalue weighted by Gasteiger charge is 2.25. The number of benzene rings is 1. The van der Waals surface area contributed by atoms with Gasteiger partial charge in [-0.25, -0.2) is 0 Å². The van der Waals surface area contributed by atoms with Crippen molar-refractivity contribution in [1.29, 1.82) is 0 Å². The van der Waals surface area contributed by atoms with E-state index < -0.39 is 0 Å². The second-order valence-corrected chi connectivity index (χ2v) is 6.50. The van der Waals surface area contributed by atoms with Crippen LogP contribution in [0.1, 0.15) is 21.3 Å². The molecule has 25 heavy (non-hydrogen) atoms. The summed E-state index contributed by atoms with van der Waals surface area (Å²) in [4.78, 5) is 13.4. The Bertz CT molecular complexity index is 846. The second-order valence-electron chi connectivity index (χ2n) is 5.62. The average Bonchev–Trinajstić information content (AvgIpc) is 3.31. The molecule has 3 aromatic rings. The van der Waals surface area contributed by atoms with Crippen molar-refractivity contribution in [3.8, 4) is 11.5 Å². The first-order valence-electron chi connectivity index (χ1n) is 8.01. The Kier molecular flexibility index (Phi) is 4.39. The van der Waals surface area contributed by atoms with Gasteiger partial charge in [-0.1, -0.05) is 30.3 Å². The molecule has 0 fully saturated rings. The molecule has 0 aliphatic carbocycles. The molecule has 1 aliphatic rings. The minimum atomic E-state index is -0.198. The Morgan fingerprint density at radius 3 is 2.88 bits per heavy atom. The van der Waals surface area contributed by atoms with E-state index in [1.165, 1.54) is 11.3 Å². The maximum atomic E-state index is 12.8. The Labute approximate surface area is 149 Å². The molecule has 0 bridgehead atoms. The zero-order valence-corrected chi connectivity index (χ0v) is 14.2. The number of amides is 1. The van der Waals surface area contributed by atoms with E-state index in [1.807, 2.05) is 48.0 Å². The number of nitrogens with one attached hydrogen (secondary N) is 1. The summed E-state index contributed by atoms with van der Waals surface area (Å²) in [6, 6.07) is 11.5. The van der Waals surface area contributed by atoms with Gasteiger partial charge in [0.2, 0.25) is 0 Å². The molecular weight excluding hydrogens is 338 g/mol. The van der Waals surface area contributed by atoms with Crippen molar-refractivity contribution >= 4 is 17.2 Å². The number of carbonyl (C=O) groups is 1. The largest absolute Gasteiger partial charge is 0.485 e. The van der Waals surface area contributed by atoms with E-state index in [9.17, 15) is 4.79 Å². The molecule has 1 atom stereocenters. The number of aromatic nitrogens is 2. The quantitative estimate of drug-likeness (QED) is 0.764. The van der Waals surface area contributed by atoms with E-state index >= 15 is 0 Å². The lowest BCUT2D eigenvalue weighted by Gasteiger charge is -2.20. The first-order chi connectivity index (χ1) is 12.3. The molecule has 1 aliphatic heterocycles. The standard InChI is InChI=1S/C18H17N3O3S/c22-18(17-16-15(12-25-17)23-9-10-24-16)20-14(11-21-8-4-7-19-21)13-5-2-1-3-6-13/h1-8,12,14H,9-11H2,(H,20,22)/t14-/m1/s1. The van der Waals surface area contributed by atoms with Crippen LogP contribution in [0.4, 0.5) is 0 Å². The number of hydrogen-bond acceptors (Lipinski definition) is 5. The molecular formula is C18H17N3O3S. The summed E-state index contributed by atoms with van der Waals surface area (Å²) in [5.41, 5.74) is 1.02. The molecule has 128 valence electrons. The molecule has 7 heteroatoms. The zero-order chi connectivity index (χ0) is 17.1. The number of thiophene rings is 1. The van der Waals surface area contributed by atoms with Crippen molar-refractivity contribution in [3.63, 3.8) is 0 Å². The number of rotatable bonds is 5. The summed E-state index contributed by atoms with van der Waals surface area (Å²) in [6.07, 6.45) is 3.61. The lowest BCUT2D eigenvalue weighted by Crippen LogP contribution is -2.31. The lowest BCUT2D eigenvalue weighted by atomic mass is 10.1. The van der Waals surface area contributed by atoms with Gasteiger partial charge >= 0.3 is 0 Å². The van der Waals surface area contributed by atoms with Gasteiger partial charge in [0.1, 0.15) is 18.1 Å². The molecule has 0 saturated carbocycles. The molecule has 0 unspecified atom stereocenters. The van der Waals surface area contributed by atoms with Gasteiger partial charge in [-0.2, -0.15) is 5.10 Å². The first-order valence-corrected chi connectivity index (χ1v) is 8.89. The summed E-state index contributed by atoms with van der Waals surface area (Å²) in [5.74, 6) is 1.02. The van der Waals surface area contributed by atoms with E-state index in [1.54, 1.807) is 10.9 Å². The van der Waals surface area contributed by atoms with Crippen LogP contribution in [0.2, 0.25) is 0 Å². The summed E-state index contributed by atoms with van der Waals surface area (Å²) in [7, 11) is 0. The van der Waals surface area contributed by atoms with Crippen molar-refractivity contribution < 1.29 is 14.3 Å². The zero-order valence-electron chi connectivity index (χ0n) is 13.4. The average molecular weight is 355 g/mol. The van der Waals surface area contributed by atoms with Crippen LogP contribution in [0.3, 0.4) is 0 Å². The Morgan fingerprint density at radius 1 is 1.24 bits per heavy atom. The summed E-state index contributed by atoms with van der Waals surface area (Å²) < 4.78 is 12.9. The molecule has 1 aromatic carbocycles. The Hall–Kier alpha value is -2.80. The molecule has 1 N–H and O–H groups in total. The van der Waals surface area contributed by atoms with Crippen LogP contribution in [-0.2, 0) is 6.54 Å².